The molecule has 184 valence electrons. The van der Waals surface area contributed by atoms with E-state index in [-0.39, 0.29) is 60.2 Å². The van der Waals surface area contributed by atoms with Crippen LogP contribution >= 0.6 is 0 Å². The number of carbonyl (C=O) groups is 3. The van der Waals surface area contributed by atoms with Crippen molar-refractivity contribution in [3.63, 3.8) is 0 Å². The SMILES string of the molecule is C=C1CC2OC3C4C(CC(C)C(OC(=O)CCC)C24)C(C)COC3(C)C(OC(C)=O)CC1=O. The molecule has 0 N–H and O–H groups in total. The molecule has 3 saturated heterocycles. The Morgan fingerprint density at radius 3 is 2.55 bits per heavy atom. The number of hydrogen-bond acceptors (Lipinski definition) is 7. The molecule has 0 aromatic rings. The zero-order valence-electron chi connectivity index (χ0n) is 20.5. The van der Waals surface area contributed by atoms with Crippen molar-refractivity contribution in [2.24, 2.45) is 29.6 Å². The van der Waals surface area contributed by atoms with E-state index in [1.165, 1.54) is 6.92 Å². The van der Waals surface area contributed by atoms with Gasteiger partial charge in [0, 0.05) is 31.6 Å². The van der Waals surface area contributed by atoms with Crippen LogP contribution in [0.15, 0.2) is 12.2 Å². The quantitative estimate of drug-likeness (QED) is 0.466. The second-order valence-corrected chi connectivity index (χ2v) is 10.8. The maximum absolute atomic E-state index is 13.0. The summed E-state index contributed by atoms with van der Waals surface area (Å²) in [5.41, 5.74) is -0.521. The predicted octanol–water partition coefficient (Wildman–Crippen LogP) is 3.63. The van der Waals surface area contributed by atoms with Gasteiger partial charge < -0.3 is 18.9 Å². The Morgan fingerprint density at radius 1 is 1.15 bits per heavy atom. The first-order valence-electron chi connectivity index (χ1n) is 12.4. The fourth-order valence-corrected chi connectivity index (χ4v) is 6.81. The van der Waals surface area contributed by atoms with E-state index in [0.29, 0.717) is 30.9 Å². The molecule has 3 heterocycles. The van der Waals surface area contributed by atoms with E-state index in [1.54, 1.807) is 0 Å². The Bertz CT molecular complexity index is 821. The van der Waals surface area contributed by atoms with Gasteiger partial charge in [0.15, 0.2) is 5.78 Å². The molecule has 33 heavy (non-hydrogen) atoms. The summed E-state index contributed by atoms with van der Waals surface area (Å²) in [5, 5.41) is 0. The van der Waals surface area contributed by atoms with Crippen molar-refractivity contribution in [2.75, 3.05) is 6.61 Å². The zero-order valence-corrected chi connectivity index (χ0v) is 20.5. The number of rotatable bonds is 4. The van der Waals surface area contributed by atoms with Crippen LogP contribution in [0, 0.1) is 29.6 Å². The zero-order chi connectivity index (χ0) is 24.1. The van der Waals surface area contributed by atoms with Crippen LogP contribution in [-0.2, 0) is 33.3 Å². The summed E-state index contributed by atoms with van der Waals surface area (Å²) in [5.74, 6) is -0.0100. The van der Waals surface area contributed by atoms with Gasteiger partial charge >= 0.3 is 11.9 Å². The van der Waals surface area contributed by atoms with Crippen molar-refractivity contribution in [3.05, 3.63) is 12.2 Å². The summed E-state index contributed by atoms with van der Waals surface area (Å²) < 4.78 is 25.0. The van der Waals surface area contributed by atoms with Crippen LogP contribution in [0.2, 0.25) is 0 Å². The second kappa shape index (κ2) is 9.14. The smallest absolute Gasteiger partial charge is 0.306 e. The fourth-order valence-electron chi connectivity index (χ4n) is 6.81. The van der Waals surface area contributed by atoms with Crippen LogP contribution in [0.1, 0.15) is 66.7 Å². The Kier molecular flexibility index (Phi) is 6.76. The molecular formula is C26H38O7. The molecule has 7 nitrogen and oxygen atoms in total. The average molecular weight is 463 g/mol. The van der Waals surface area contributed by atoms with Gasteiger partial charge in [0.05, 0.1) is 25.2 Å². The van der Waals surface area contributed by atoms with Gasteiger partial charge in [-0.2, -0.15) is 0 Å². The third-order valence-electron chi connectivity index (χ3n) is 8.46. The minimum atomic E-state index is -0.981. The Hall–Kier alpha value is -1.73. The minimum Gasteiger partial charge on any atom is -0.462 e. The number of hydrogen-bond donors (Lipinski definition) is 0. The number of ketones is 1. The topological polar surface area (TPSA) is 88.1 Å². The molecule has 10 unspecified atom stereocenters. The van der Waals surface area contributed by atoms with Crippen LogP contribution in [0.5, 0.6) is 0 Å². The standard InChI is InChI=1S/C26H38O7/c1-7-8-21(29)33-24-14(3)9-17-15(4)12-30-26(6)20(31-16(5)27)11-18(28)13(2)10-19-23(24)22(17)25(26)32-19/h14-15,17,19-20,22-25H,2,7-12H2,1,3-6H3. The number of carbonyl (C=O) groups excluding carboxylic acids is 3. The van der Waals surface area contributed by atoms with Gasteiger partial charge in [-0.15, -0.1) is 0 Å². The predicted molar refractivity (Wildman–Crippen MR) is 120 cm³/mol. The molecule has 3 aliphatic heterocycles. The van der Waals surface area contributed by atoms with Crippen LogP contribution in [0.3, 0.4) is 0 Å². The van der Waals surface area contributed by atoms with Gasteiger partial charge in [-0.05, 0) is 43.1 Å². The van der Waals surface area contributed by atoms with Gasteiger partial charge in [0.2, 0.25) is 0 Å². The van der Waals surface area contributed by atoms with Crippen LogP contribution in [-0.4, -0.2) is 54.3 Å². The summed E-state index contributed by atoms with van der Waals surface area (Å²) in [6.07, 6.45) is 0.718. The van der Waals surface area contributed by atoms with Gasteiger partial charge in [0.1, 0.15) is 17.8 Å². The summed E-state index contributed by atoms with van der Waals surface area (Å²) in [7, 11) is 0. The highest BCUT2D eigenvalue weighted by Crippen LogP contribution is 2.57. The van der Waals surface area contributed by atoms with E-state index in [2.05, 4.69) is 20.4 Å². The number of ether oxygens (including phenoxy) is 4. The lowest BCUT2D eigenvalue weighted by Gasteiger charge is -2.47. The van der Waals surface area contributed by atoms with Crippen molar-refractivity contribution >= 4 is 17.7 Å². The highest BCUT2D eigenvalue weighted by atomic mass is 16.6. The number of esters is 2. The molecule has 1 saturated carbocycles. The third kappa shape index (κ3) is 4.27. The van der Waals surface area contributed by atoms with Crippen molar-refractivity contribution < 1.29 is 33.3 Å². The van der Waals surface area contributed by atoms with E-state index < -0.39 is 17.7 Å². The Balaban J connectivity index is 1.80. The first-order valence-corrected chi connectivity index (χ1v) is 12.4. The highest BCUT2D eigenvalue weighted by molar-refractivity contribution is 5.95. The minimum absolute atomic E-state index is 0.0310. The summed E-state index contributed by atoms with van der Waals surface area (Å²) in [6.45, 7) is 14.1. The summed E-state index contributed by atoms with van der Waals surface area (Å²) >= 11 is 0. The maximum Gasteiger partial charge on any atom is 0.306 e. The largest absolute Gasteiger partial charge is 0.462 e. The molecule has 2 bridgehead atoms. The van der Waals surface area contributed by atoms with E-state index >= 15 is 0 Å². The Morgan fingerprint density at radius 2 is 1.88 bits per heavy atom. The molecule has 4 aliphatic rings. The molecule has 7 heteroatoms. The molecule has 0 spiro atoms. The third-order valence-corrected chi connectivity index (χ3v) is 8.46. The highest BCUT2D eigenvalue weighted by Gasteiger charge is 2.65. The number of fused-ring (bicyclic) bond motifs is 2. The molecule has 4 fully saturated rings. The van der Waals surface area contributed by atoms with Gasteiger partial charge in [0.25, 0.3) is 0 Å². The van der Waals surface area contributed by atoms with Gasteiger partial charge in [-0.3, -0.25) is 14.4 Å². The molecule has 0 aromatic carbocycles. The lowest BCUT2D eigenvalue weighted by atomic mass is 9.59. The summed E-state index contributed by atoms with van der Waals surface area (Å²) in [6, 6.07) is 0. The Labute approximate surface area is 196 Å². The first kappa shape index (κ1) is 24.4. The molecular weight excluding hydrogens is 424 g/mol. The monoisotopic (exact) mass is 462 g/mol. The van der Waals surface area contributed by atoms with E-state index in [1.807, 2.05) is 13.8 Å². The van der Waals surface area contributed by atoms with Gasteiger partial charge in [-0.25, -0.2) is 0 Å². The van der Waals surface area contributed by atoms with E-state index in [4.69, 9.17) is 18.9 Å². The van der Waals surface area contributed by atoms with Crippen molar-refractivity contribution in [3.8, 4) is 0 Å². The van der Waals surface area contributed by atoms with Crippen LogP contribution in [0.4, 0.5) is 0 Å². The fraction of sp³-hybridized carbons (Fsp3) is 0.808. The maximum atomic E-state index is 13.0. The van der Waals surface area contributed by atoms with Crippen LogP contribution < -0.4 is 0 Å². The summed E-state index contributed by atoms with van der Waals surface area (Å²) in [4.78, 5) is 37.6. The van der Waals surface area contributed by atoms with Crippen molar-refractivity contribution in [1.82, 2.24) is 0 Å². The normalized spacial score (nSPS) is 44.8. The van der Waals surface area contributed by atoms with E-state index in [0.717, 1.165) is 12.8 Å². The molecule has 1 aliphatic carbocycles. The molecule has 4 rings (SSSR count). The average Bonchev–Trinajstić information content (AvgIpc) is 3.08. The second-order valence-electron chi connectivity index (χ2n) is 10.8. The molecule has 0 radical (unpaired) electrons. The number of Topliss-reactive ketones (excluding diaryl/α,β-unsaturated/α-hetero) is 1. The van der Waals surface area contributed by atoms with Crippen molar-refractivity contribution in [2.45, 2.75) is 96.7 Å². The molecule has 0 amide bonds. The van der Waals surface area contributed by atoms with Crippen molar-refractivity contribution in [1.29, 1.82) is 0 Å². The van der Waals surface area contributed by atoms with E-state index in [9.17, 15) is 14.4 Å². The van der Waals surface area contributed by atoms with Crippen LogP contribution in [0.25, 0.3) is 0 Å². The first-order chi connectivity index (χ1) is 15.6. The molecule has 10 atom stereocenters. The van der Waals surface area contributed by atoms with Gasteiger partial charge in [-0.1, -0.05) is 27.4 Å². The lowest BCUT2D eigenvalue weighted by Crippen LogP contribution is -2.57. The molecule has 0 aromatic heterocycles. The lowest BCUT2D eigenvalue weighted by molar-refractivity contribution is -0.201.